The molecule has 1 aromatic rings. The Morgan fingerprint density at radius 2 is 1.88 bits per heavy atom. The Kier molecular flexibility index (Phi) is 6.91. The molecule has 1 aliphatic carbocycles. The Bertz CT molecular complexity index is 617. The third-order valence-electron chi connectivity index (χ3n) is 5.36. The third-order valence-corrected chi connectivity index (χ3v) is 5.36. The molecule has 1 saturated carbocycles. The maximum absolute atomic E-state index is 12.3. The molecule has 0 radical (unpaired) electrons. The molecule has 0 saturated heterocycles. The van der Waals surface area contributed by atoms with E-state index in [1.54, 1.807) is 7.11 Å². The molecule has 1 fully saturated rings. The number of aryl methyl sites for hydroxylation is 1. The minimum Gasteiger partial charge on any atom is -0.497 e. The predicted octanol–water partition coefficient (Wildman–Crippen LogP) is 4.09. The Balaban J connectivity index is 1.81. The lowest BCUT2D eigenvalue weighted by atomic mass is 9.67. The van der Waals surface area contributed by atoms with Crippen LogP contribution in [-0.4, -0.2) is 24.5 Å². The molecule has 0 amide bonds. The van der Waals surface area contributed by atoms with Crippen molar-refractivity contribution in [1.29, 1.82) is 0 Å². The molecule has 0 spiro atoms. The van der Waals surface area contributed by atoms with Gasteiger partial charge >= 0.3 is 0 Å². The molecule has 0 unspecified atom stereocenters. The van der Waals surface area contributed by atoms with Crippen LogP contribution in [0, 0.1) is 5.41 Å². The zero-order valence-electron chi connectivity index (χ0n) is 15.3. The van der Waals surface area contributed by atoms with Crippen LogP contribution in [0.3, 0.4) is 0 Å². The van der Waals surface area contributed by atoms with Gasteiger partial charge in [-0.15, -0.1) is 0 Å². The first-order chi connectivity index (χ1) is 12.0. The summed E-state index contributed by atoms with van der Waals surface area (Å²) in [5.41, 5.74) is 0.260. The Hall–Kier alpha value is -1.97. The van der Waals surface area contributed by atoms with Crippen molar-refractivity contribution in [2.75, 3.05) is 7.11 Å². The van der Waals surface area contributed by atoms with Crippen LogP contribution >= 0.6 is 0 Å². The molecule has 0 atom stereocenters. The summed E-state index contributed by atoms with van der Waals surface area (Å²) in [6.45, 7) is 1.88. The number of carbonyl (C=O) groups excluding carboxylic acids is 3. The highest BCUT2D eigenvalue weighted by Gasteiger charge is 2.44. The first kappa shape index (κ1) is 19.4. The van der Waals surface area contributed by atoms with Gasteiger partial charge in [0, 0.05) is 25.7 Å². The SMILES string of the molecule is CCC1(CCC(=O)CCCc2cccc(OC)c2)C(=O)CCCC1=O. The average Bonchev–Trinajstić information content (AvgIpc) is 2.62. The molecule has 4 heteroatoms. The van der Waals surface area contributed by atoms with Gasteiger partial charge in [0.25, 0.3) is 0 Å². The number of methoxy groups -OCH3 is 1. The summed E-state index contributed by atoms with van der Waals surface area (Å²) in [5, 5.41) is 0. The standard InChI is InChI=1S/C21H28O4/c1-3-21(19(23)11-6-12-20(21)24)14-13-17(22)9-4-7-16-8-5-10-18(15-16)25-2/h5,8,10,15H,3-4,6-7,9,11-14H2,1-2H3. The van der Waals surface area contributed by atoms with E-state index >= 15 is 0 Å². The Morgan fingerprint density at radius 1 is 1.16 bits per heavy atom. The molecule has 2 rings (SSSR count). The monoisotopic (exact) mass is 344 g/mol. The van der Waals surface area contributed by atoms with Crippen LogP contribution < -0.4 is 4.74 Å². The first-order valence-electron chi connectivity index (χ1n) is 9.23. The molecule has 136 valence electrons. The summed E-state index contributed by atoms with van der Waals surface area (Å²) in [6, 6.07) is 7.85. The minimum atomic E-state index is -0.888. The lowest BCUT2D eigenvalue weighted by Crippen LogP contribution is -2.42. The number of carbonyl (C=O) groups is 3. The number of Topliss-reactive ketones (excluding diaryl/α,β-unsaturated/α-hetero) is 3. The molecule has 0 N–H and O–H groups in total. The van der Waals surface area contributed by atoms with Crippen molar-refractivity contribution >= 4 is 17.3 Å². The summed E-state index contributed by atoms with van der Waals surface area (Å²) in [7, 11) is 1.64. The summed E-state index contributed by atoms with van der Waals surface area (Å²) in [6.07, 6.45) is 4.91. The third kappa shape index (κ3) is 4.77. The van der Waals surface area contributed by atoms with E-state index in [-0.39, 0.29) is 17.3 Å². The van der Waals surface area contributed by atoms with Gasteiger partial charge in [-0.2, -0.15) is 0 Å². The van der Waals surface area contributed by atoms with Gasteiger partial charge in [-0.1, -0.05) is 19.1 Å². The molecule has 1 aromatic carbocycles. The van der Waals surface area contributed by atoms with E-state index in [2.05, 4.69) is 0 Å². The number of rotatable bonds is 9. The van der Waals surface area contributed by atoms with Gasteiger partial charge in [0.05, 0.1) is 12.5 Å². The fourth-order valence-electron chi connectivity index (χ4n) is 3.69. The fourth-order valence-corrected chi connectivity index (χ4v) is 3.69. The summed E-state index contributed by atoms with van der Waals surface area (Å²) in [5.74, 6) is 1.04. The average molecular weight is 344 g/mol. The van der Waals surface area contributed by atoms with Gasteiger partial charge < -0.3 is 4.74 Å². The van der Waals surface area contributed by atoms with Crippen LogP contribution in [0.15, 0.2) is 24.3 Å². The molecular formula is C21H28O4. The van der Waals surface area contributed by atoms with Crippen molar-refractivity contribution in [3.63, 3.8) is 0 Å². The first-order valence-corrected chi connectivity index (χ1v) is 9.23. The second-order valence-electron chi connectivity index (χ2n) is 6.88. The molecular weight excluding hydrogens is 316 g/mol. The molecule has 0 heterocycles. The number of ether oxygens (including phenoxy) is 1. The van der Waals surface area contributed by atoms with E-state index in [0.717, 1.165) is 24.2 Å². The lowest BCUT2D eigenvalue weighted by Gasteiger charge is -2.33. The van der Waals surface area contributed by atoms with Crippen LogP contribution in [0.25, 0.3) is 0 Å². The summed E-state index contributed by atoms with van der Waals surface area (Å²) >= 11 is 0. The molecule has 25 heavy (non-hydrogen) atoms. The van der Waals surface area contributed by atoms with Crippen LogP contribution in [0.4, 0.5) is 0 Å². The molecule has 0 bridgehead atoms. The van der Waals surface area contributed by atoms with Crippen molar-refractivity contribution in [3.8, 4) is 5.75 Å². The molecule has 4 nitrogen and oxygen atoms in total. The normalized spacial score (nSPS) is 16.7. The Labute approximate surface area is 149 Å². The maximum Gasteiger partial charge on any atom is 0.146 e. The van der Waals surface area contributed by atoms with Crippen molar-refractivity contribution < 1.29 is 19.1 Å². The van der Waals surface area contributed by atoms with Crippen LogP contribution in [-0.2, 0) is 20.8 Å². The highest BCUT2D eigenvalue weighted by atomic mass is 16.5. The van der Waals surface area contributed by atoms with Gasteiger partial charge in [0.15, 0.2) is 0 Å². The van der Waals surface area contributed by atoms with Gasteiger partial charge in [-0.3, -0.25) is 14.4 Å². The van der Waals surface area contributed by atoms with Gasteiger partial charge in [-0.05, 0) is 49.8 Å². The van der Waals surface area contributed by atoms with Crippen molar-refractivity contribution in [2.45, 2.75) is 64.7 Å². The number of hydrogen-bond donors (Lipinski definition) is 0. The second kappa shape index (κ2) is 8.93. The quantitative estimate of drug-likeness (QED) is 0.633. The van der Waals surface area contributed by atoms with Gasteiger partial charge in [-0.25, -0.2) is 0 Å². The van der Waals surface area contributed by atoms with Gasteiger partial charge in [0.2, 0.25) is 0 Å². The minimum absolute atomic E-state index is 0.0374. The van der Waals surface area contributed by atoms with E-state index in [1.165, 1.54) is 0 Å². The second-order valence-corrected chi connectivity index (χ2v) is 6.88. The van der Waals surface area contributed by atoms with E-state index in [0.29, 0.717) is 44.9 Å². The Morgan fingerprint density at radius 3 is 2.52 bits per heavy atom. The summed E-state index contributed by atoms with van der Waals surface area (Å²) < 4.78 is 5.20. The van der Waals surface area contributed by atoms with Gasteiger partial charge in [0.1, 0.15) is 23.1 Å². The fraction of sp³-hybridized carbons (Fsp3) is 0.571. The van der Waals surface area contributed by atoms with E-state index in [4.69, 9.17) is 4.74 Å². The summed E-state index contributed by atoms with van der Waals surface area (Å²) in [4.78, 5) is 36.8. The molecule has 0 aromatic heterocycles. The zero-order valence-corrected chi connectivity index (χ0v) is 15.3. The molecule has 1 aliphatic rings. The predicted molar refractivity (Wildman–Crippen MR) is 96.8 cm³/mol. The lowest BCUT2D eigenvalue weighted by molar-refractivity contribution is -0.145. The molecule has 0 aliphatic heterocycles. The van der Waals surface area contributed by atoms with E-state index < -0.39 is 5.41 Å². The highest BCUT2D eigenvalue weighted by molar-refractivity contribution is 6.09. The zero-order chi connectivity index (χ0) is 18.3. The van der Waals surface area contributed by atoms with E-state index in [1.807, 2.05) is 31.2 Å². The smallest absolute Gasteiger partial charge is 0.146 e. The van der Waals surface area contributed by atoms with E-state index in [9.17, 15) is 14.4 Å². The number of benzene rings is 1. The highest BCUT2D eigenvalue weighted by Crippen LogP contribution is 2.37. The van der Waals surface area contributed by atoms with Crippen molar-refractivity contribution in [2.24, 2.45) is 5.41 Å². The van der Waals surface area contributed by atoms with Crippen molar-refractivity contribution in [3.05, 3.63) is 29.8 Å². The maximum atomic E-state index is 12.3. The van der Waals surface area contributed by atoms with Crippen LogP contribution in [0.5, 0.6) is 5.75 Å². The number of hydrogen-bond acceptors (Lipinski definition) is 4. The largest absolute Gasteiger partial charge is 0.497 e. The topological polar surface area (TPSA) is 60.4 Å². The van der Waals surface area contributed by atoms with Crippen molar-refractivity contribution in [1.82, 2.24) is 0 Å². The van der Waals surface area contributed by atoms with Crippen LogP contribution in [0.2, 0.25) is 0 Å². The number of ketones is 3. The van der Waals surface area contributed by atoms with Crippen LogP contribution in [0.1, 0.15) is 63.9 Å².